The van der Waals surface area contributed by atoms with Crippen LogP contribution in [0.5, 0.6) is 0 Å². The molecule has 0 atom stereocenters. The summed E-state index contributed by atoms with van der Waals surface area (Å²) in [5.74, 6) is 0.248. The molecule has 0 bridgehead atoms. The van der Waals surface area contributed by atoms with Crippen LogP contribution in [-0.4, -0.2) is 37.1 Å². The molecule has 0 spiro atoms. The lowest BCUT2D eigenvalue weighted by Gasteiger charge is -2.12. The second kappa shape index (κ2) is 8.59. The van der Waals surface area contributed by atoms with Crippen LogP contribution in [0.4, 0.5) is 11.4 Å². The average molecular weight is 323 g/mol. The molecule has 0 amide bonds. The van der Waals surface area contributed by atoms with E-state index in [0.717, 1.165) is 11.3 Å². The molecule has 2 aromatic carbocycles. The quantitative estimate of drug-likeness (QED) is 0.504. The van der Waals surface area contributed by atoms with Crippen molar-refractivity contribution in [2.24, 2.45) is 15.2 Å². The smallest absolute Gasteiger partial charge is 0.173 e. The normalized spacial score (nSPS) is 12.5. The summed E-state index contributed by atoms with van der Waals surface area (Å²) >= 11 is 0. The summed E-state index contributed by atoms with van der Waals surface area (Å²) in [6, 6.07) is 17.3. The number of aliphatic imine (C=N–C) groups is 1. The van der Waals surface area contributed by atoms with Crippen LogP contribution in [0.2, 0.25) is 0 Å². The molecule has 2 N–H and O–H groups in total. The van der Waals surface area contributed by atoms with Gasteiger partial charge in [-0.3, -0.25) is 10.7 Å². The largest absolute Gasteiger partial charge is 0.378 e. The van der Waals surface area contributed by atoms with Gasteiger partial charge < -0.3 is 4.90 Å². The standard InChI is InChI=1S/C18H21N5O/c1-14(21-19-13-15-7-5-4-6-8-15)18(22-24)20-16-9-11-17(12-10-16)23(2)3/h4-13,24H,1-3H3,(H,20,22). The predicted octanol–water partition coefficient (Wildman–Crippen LogP) is 3.26. The third-order valence-corrected chi connectivity index (χ3v) is 3.27. The van der Waals surface area contributed by atoms with Crippen molar-refractivity contribution >= 4 is 29.1 Å². The Bertz CT molecular complexity index is 734. The Hall–Kier alpha value is -2.99. The zero-order valence-corrected chi connectivity index (χ0v) is 14.0. The highest BCUT2D eigenvalue weighted by Gasteiger charge is 2.03. The van der Waals surface area contributed by atoms with E-state index in [1.807, 2.05) is 73.6 Å². The molecule has 0 aromatic heterocycles. The van der Waals surface area contributed by atoms with Gasteiger partial charge in [0.25, 0.3) is 0 Å². The van der Waals surface area contributed by atoms with Gasteiger partial charge in [-0.05, 0) is 36.8 Å². The van der Waals surface area contributed by atoms with Gasteiger partial charge in [0.1, 0.15) is 5.71 Å². The van der Waals surface area contributed by atoms with E-state index in [-0.39, 0.29) is 5.84 Å². The van der Waals surface area contributed by atoms with E-state index in [1.54, 1.807) is 13.1 Å². The zero-order valence-electron chi connectivity index (χ0n) is 14.0. The number of rotatable bonds is 5. The fourth-order valence-corrected chi connectivity index (χ4v) is 1.91. The molecular formula is C18H21N5O. The Labute approximate surface area is 141 Å². The summed E-state index contributed by atoms with van der Waals surface area (Å²) in [4.78, 5) is 6.34. The Morgan fingerprint density at radius 3 is 2.29 bits per heavy atom. The van der Waals surface area contributed by atoms with Crippen molar-refractivity contribution in [1.29, 1.82) is 0 Å². The number of anilines is 1. The van der Waals surface area contributed by atoms with Gasteiger partial charge in [-0.25, -0.2) is 4.99 Å². The summed E-state index contributed by atoms with van der Waals surface area (Å²) in [6.07, 6.45) is 1.64. The van der Waals surface area contributed by atoms with E-state index < -0.39 is 0 Å². The second-order valence-electron chi connectivity index (χ2n) is 5.32. The zero-order chi connectivity index (χ0) is 17.4. The Balaban J connectivity index is 2.14. The molecular weight excluding hydrogens is 302 g/mol. The van der Waals surface area contributed by atoms with Crippen molar-refractivity contribution < 1.29 is 5.21 Å². The first-order chi connectivity index (χ1) is 11.6. The number of amidine groups is 1. The Kier molecular flexibility index (Phi) is 6.22. The minimum absolute atomic E-state index is 0.248. The average Bonchev–Trinajstić information content (AvgIpc) is 2.60. The summed E-state index contributed by atoms with van der Waals surface area (Å²) in [5, 5.41) is 17.4. The van der Waals surface area contributed by atoms with E-state index in [0.29, 0.717) is 11.4 Å². The Morgan fingerprint density at radius 2 is 1.71 bits per heavy atom. The predicted molar refractivity (Wildman–Crippen MR) is 99.9 cm³/mol. The number of hydrogen-bond acceptors (Lipinski definition) is 5. The molecule has 0 aliphatic heterocycles. The molecule has 24 heavy (non-hydrogen) atoms. The maximum absolute atomic E-state index is 9.30. The van der Waals surface area contributed by atoms with Crippen LogP contribution in [0, 0.1) is 0 Å². The van der Waals surface area contributed by atoms with Crippen LogP contribution < -0.4 is 10.4 Å². The van der Waals surface area contributed by atoms with Gasteiger partial charge in [0.15, 0.2) is 5.84 Å². The SMILES string of the molecule is CC(=NN=Cc1ccccc1)C(=Nc1ccc(N(C)C)cc1)NO. The maximum atomic E-state index is 9.30. The third kappa shape index (κ3) is 5.03. The lowest BCUT2D eigenvalue weighted by Crippen LogP contribution is -2.26. The van der Waals surface area contributed by atoms with Gasteiger partial charge in [0, 0.05) is 19.8 Å². The highest BCUT2D eigenvalue weighted by Crippen LogP contribution is 2.18. The Morgan fingerprint density at radius 1 is 1.04 bits per heavy atom. The van der Waals surface area contributed by atoms with Crippen LogP contribution in [-0.2, 0) is 0 Å². The maximum Gasteiger partial charge on any atom is 0.173 e. The number of benzene rings is 2. The molecule has 0 unspecified atom stereocenters. The van der Waals surface area contributed by atoms with Crippen molar-refractivity contribution in [1.82, 2.24) is 5.48 Å². The molecule has 2 rings (SSSR count). The molecule has 6 nitrogen and oxygen atoms in total. The monoisotopic (exact) mass is 323 g/mol. The molecule has 124 valence electrons. The topological polar surface area (TPSA) is 72.6 Å². The summed E-state index contributed by atoms with van der Waals surface area (Å²) in [5.41, 5.74) is 5.27. The van der Waals surface area contributed by atoms with E-state index in [1.165, 1.54) is 0 Å². The lowest BCUT2D eigenvalue weighted by molar-refractivity contribution is 0.236. The van der Waals surface area contributed by atoms with Gasteiger partial charge in [0.2, 0.25) is 0 Å². The van der Waals surface area contributed by atoms with E-state index >= 15 is 0 Å². The summed E-state index contributed by atoms with van der Waals surface area (Å²) in [6.45, 7) is 1.72. The minimum atomic E-state index is 0.248. The third-order valence-electron chi connectivity index (χ3n) is 3.27. The van der Waals surface area contributed by atoms with Crippen molar-refractivity contribution in [2.45, 2.75) is 6.92 Å². The lowest BCUT2D eigenvalue weighted by atomic mass is 10.2. The molecule has 0 saturated heterocycles. The van der Waals surface area contributed by atoms with Crippen LogP contribution in [0.15, 0.2) is 69.8 Å². The first-order valence-corrected chi connectivity index (χ1v) is 7.49. The highest BCUT2D eigenvalue weighted by atomic mass is 16.5. The van der Waals surface area contributed by atoms with E-state index in [2.05, 4.69) is 20.7 Å². The number of hydroxylamine groups is 1. The highest BCUT2D eigenvalue weighted by molar-refractivity contribution is 6.40. The van der Waals surface area contributed by atoms with Crippen LogP contribution in [0.3, 0.4) is 0 Å². The summed E-state index contributed by atoms with van der Waals surface area (Å²) in [7, 11) is 3.95. The van der Waals surface area contributed by atoms with Crippen LogP contribution >= 0.6 is 0 Å². The van der Waals surface area contributed by atoms with Gasteiger partial charge in [-0.2, -0.15) is 10.2 Å². The van der Waals surface area contributed by atoms with E-state index in [4.69, 9.17) is 0 Å². The molecule has 0 heterocycles. The summed E-state index contributed by atoms with van der Waals surface area (Å²) < 4.78 is 0. The van der Waals surface area contributed by atoms with Gasteiger partial charge in [-0.15, -0.1) is 0 Å². The van der Waals surface area contributed by atoms with Gasteiger partial charge >= 0.3 is 0 Å². The number of hydrogen-bond donors (Lipinski definition) is 2. The fraction of sp³-hybridized carbons (Fsp3) is 0.167. The second-order valence-corrected chi connectivity index (χ2v) is 5.32. The molecule has 0 fully saturated rings. The number of nitrogens with one attached hydrogen (secondary N) is 1. The van der Waals surface area contributed by atoms with Gasteiger partial charge in [0.05, 0.1) is 11.9 Å². The van der Waals surface area contributed by atoms with Crippen molar-refractivity contribution in [2.75, 3.05) is 19.0 Å². The molecule has 0 saturated carbocycles. The molecule has 0 aliphatic carbocycles. The number of nitrogens with zero attached hydrogens (tertiary/aromatic N) is 4. The van der Waals surface area contributed by atoms with Crippen molar-refractivity contribution in [3.8, 4) is 0 Å². The first-order valence-electron chi connectivity index (χ1n) is 7.49. The van der Waals surface area contributed by atoms with Crippen LogP contribution in [0.1, 0.15) is 12.5 Å². The fourth-order valence-electron chi connectivity index (χ4n) is 1.91. The molecule has 0 radical (unpaired) electrons. The minimum Gasteiger partial charge on any atom is -0.378 e. The molecule has 2 aromatic rings. The van der Waals surface area contributed by atoms with Crippen LogP contribution in [0.25, 0.3) is 0 Å². The van der Waals surface area contributed by atoms with Crippen molar-refractivity contribution in [3.05, 3.63) is 60.2 Å². The molecule has 6 heteroatoms. The van der Waals surface area contributed by atoms with Crippen molar-refractivity contribution in [3.63, 3.8) is 0 Å². The van der Waals surface area contributed by atoms with Gasteiger partial charge in [-0.1, -0.05) is 30.3 Å². The van der Waals surface area contributed by atoms with E-state index in [9.17, 15) is 5.21 Å². The first kappa shape index (κ1) is 17.4. The molecule has 0 aliphatic rings.